The third-order valence-electron chi connectivity index (χ3n) is 5.80. The van der Waals surface area contributed by atoms with Gasteiger partial charge in [-0.2, -0.15) is 0 Å². The molecule has 0 amide bonds. The van der Waals surface area contributed by atoms with Crippen LogP contribution in [-0.4, -0.2) is 44.8 Å². The Balaban J connectivity index is 1.79. The molecule has 2 aromatic rings. The number of furan rings is 1. The lowest BCUT2D eigenvalue weighted by atomic mass is 9.86. The number of rotatable bonds is 4. The Bertz CT molecular complexity index is 912. The molecule has 2 aliphatic heterocycles. The lowest BCUT2D eigenvalue weighted by Gasteiger charge is -2.43. The van der Waals surface area contributed by atoms with E-state index < -0.39 is 0 Å². The highest BCUT2D eigenvalue weighted by Gasteiger charge is 2.42. The molecule has 0 saturated carbocycles. The molecular weight excluding hydrogens is 346 g/mol. The second-order valence-corrected chi connectivity index (χ2v) is 7.94. The number of carbonyl (C=O) groups excluding carboxylic acids is 1. The van der Waals surface area contributed by atoms with Gasteiger partial charge in [0.05, 0.1) is 45.3 Å². The molecule has 0 saturated heterocycles. The van der Waals surface area contributed by atoms with E-state index in [4.69, 9.17) is 18.6 Å². The van der Waals surface area contributed by atoms with Crippen LogP contribution in [-0.2, 0) is 6.42 Å². The highest BCUT2D eigenvalue weighted by Crippen LogP contribution is 2.51. The number of quaternary nitrogens is 1. The number of aryl methyl sites for hydroxylation is 2. The van der Waals surface area contributed by atoms with Crippen LogP contribution in [0, 0.1) is 13.8 Å². The quantitative estimate of drug-likeness (QED) is 0.606. The van der Waals surface area contributed by atoms with Gasteiger partial charge >= 0.3 is 0 Å². The number of carbonyl (C=O) groups is 1. The molecular formula is C21H26NO5+. The van der Waals surface area contributed by atoms with Gasteiger partial charge in [-0.05, 0) is 31.5 Å². The first kappa shape index (κ1) is 17.9. The third kappa shape index (κ3) is 2.88. The predicted molar refractivity (Wildman–Crippen MR) is 99.7 cm³/mol. The van der Waals surface area contributed by atoms with Gasteiger partial charge in [0.15, 0.2) is 17.3 Å². The van der Waals surface area contributed by atoms with Crippen LogP contribution in [0.25, 0.3) is 0 Å². The Kier molecular flexibility index (Phi) is 4.18. The Morgan fingerprint density at radius 3 is 2.70 bits per heavy atom. The van der Waals surface area contributed by atoms with Gasteiger partial charge in [0.1, 0.15) is 17.6 Å². The molecule has 27 heavy (non-hydrogen) atoms. The summed E-state index contributed by atoms with van der Waals surface area (Å²) >= 11 is 0. The normalized spacial score (nSPS) is 19.7. The lowest BCUT2D eigenvalue weighted by molar-refractivity contribution is -0.922. The summed E-state index contributed by atoms with van der Waals surface area (Å²) in [5.41, 5.74) is 2.90. The zero-order chi connectivity index (χ0) is 19.3. The Morgan fingerprint density at radius 2 is 2.04 bits per heavy atom. The molecule has 6 heteroatoms. The zero-order valence-electron chi connectivity index (χ0n) is 16.5. The van der Waals surface area contributed by atoms with Crippen LogP contribution in [0.5, 0.6) is 17.2 Å². The highest BCUT2D eigenvalue weighted by atomic mass is 16.7. The van der Waals surface area contributed by atoms with E-state index in [1.807, 2.05) is 26.0 Å². The molecule has 0 bridgehead atoms. The topological polar surface area (TPSA) is 57.9 Å². The molecule has 1 atom stereocenters. The first-order chi connectivity index (χ1) is 12.8. The van der Waals surface area contributed by atoms with E-state index in [0.717, 1.165) is 30.0 Å². The van der Waals surface area contributed by atoms with Crippen molar-refractivity contribution in [1.82, 2.24) is 0 Å². The number of Topliss-reactive ketones (excluding diaryl/α,β-unsaturated/α-hetero) is 1. The molecule has 0 radical (unpaired) electrons. The van der Waals surface area contributed by atoms with Gasteiger partial charge in [-0.3, -0.25) is 4.79 Å². The van der Waals surface area contributed by atoms with Crippen LogP contribution < -0.4 is 14.2 Å². The number of ether oxygens (including phenoxy) is 3. The molecule has 4 rings (SSSR count). The van der Waals surface area contributed by atoms with Gasteiger partial charge in [-0.15, -0.1) is 0 Å². The van der Waals surface area contributed by atoms with Gasteiger partial charge in [-0.1, -0.05) is 0 Å². The summed E-state index contributed by atoms with van der Waals surface area (Å²) in [4.78, 5) is 13.1. The monoisotopic (exact) mass is 372 g/mol. The van der Waals surface area contributed by atoms with Crippen LogP contribution in [0.3, 0.4) is 0 Å². The van der Waals surface area contributed by atoms with E-state index in [0.29, 0.717) is 33.7 Å². The minimum absolute atomic E-state index is 0.0275. The van der Waals surface area contributed by atoms with E-state index in [2.05, 4.69) is 14.1 Å². The predicted octanol–water partition coefficient (Wildman–Crippen LogP) is 3.58. The molecule has 1 aromatic carbocycles. The van der Waals surface area contributed by atoms with E-state index in [1.165, 1.54) is 5.56 Å². The van der Waals surface area contributed by atoms with Crippen molar-refractivity contribution >= 4 is 5.78 Å². The number of nitrogens with zero attached hydrogens (tertiary/aromatic N) is 1. The average Bonchev–Trinajstić information content (AvgIpc) is 3.21. The van der Waals surface area contributed by atoms with Crippen molar-refractivity contribution in [3.05, 3.63) is 40.3 Å². The van der Waals surface area contributed by atoms with Gasteiger partial charge in [0, 0.05) is 6.42 Å². The highest BCUT2D eigenvalue weighted by molar-refractivity contribution is 5.97. The number of methoxy groups -OCH3 is 1. The number of benzene rings is 1. The van der Waals surface area contributed by atoms with Crippen molar-refractivity contribution < 1.29 is 27.9 Å². The van der Waals surface area contributed by atoms with Crippen LogP contribution in [0.4, 0.5) is 0 Å². The molecule has 1 aromatic heterocycles. The van der Waals surface area contributed by atoms with Crippen molar-refractivity contribution in [2.45, 2.75) is 32.7 Å². The fraction of sp³-hybridized carbons (Fsp3) is 0.476. The van der Waals surface area contributed by atoms with Crippen molar-refractivity contribution in [3.8, 4) is 17.2 Å². The molecule has 0 spiro atoms. The molecule has 144 valence electrons. The molecule has 6 nitrogen and oxygen atoms in total. The summed E-state index contributed by atoms with van der Waals surface area (Å²) in [5, 5.41) is 0. The Morgan fingerprint density at radius 1 is 1.26 bits per heavy atom. The largest absolute Gasteiger partial charge is 0.492 e. The van der Waals surface area contributed by atoms with Crippen LogP contribution >= 0.6 is 0 Å². The number of likely N-dealkylation sites (N-methyl/N-ethyl adjacent to an activating group) is 1. The molecule has 0 unspecified atom stereocenters. The standard InChI is InChI=1S/C21H26NO5/c1-12-8-15(13(2)27-12)17(23)10-16-19-14(6-7-22(16,3)4)9-18-20(21(19)24-5)26-11-25-18/h8-9,16H,6-7,10-11H2,1-5H3/q+1/t16-/m0/s1. The SMILES string of the molecule is COc1c2c(cc3c1[C@H](CC(=O)c1cc(C)oc1C)[N+](C)(C)CC3)OCO2. The molecule has 0 aliphatic carbocycles. The van der Waals surface area contributed by atoms with Gasteiger partial charge < -0.3 is 23.1 Å². The summed E-state index contributed by atoms with van der Waals surface area (Å²) in [6, 6.07) is 3.85. The molecule has 2 aliphatic rings. The molecule has 3 heterocycles. The maximum absolute atomic E-state index is 13.1. The number of hydrogen-bond donors (Lipinski definition) is 0. The average molecular weight is 372 g/mol. The van der Waals surface area contributed by atoms with Crippen LogP contribution in [0.15, 0.2) is 16.5 Å². The lowest BCUT2D eigenvalue weighted by Crippen LogP contribution is -2.48. The van der Waals surface area contributed by atoms with Crippen molar-refractivity contribution in [1.29, 1.82) is 0 Å². The van der Waals surface area contributed by atoms with Crippen molar-refractivity contribution in [3.63, 3.8) is 0 Å². The second-order valence-electron chi connectivity index (χ2n) is 7.94. The minimum Gasteiger partial charge on any atom is -0.492 e. The number of fused-ring (bicyclic) bond motifs is 2. The fourth-order valence-electron chi connectivity index (χ4n) is 4.31. The number of hydrogen-bond acceptors (Lipinski definition) is 5. The second kappa shape index (κ2) is 6.30. The Labute approximate surface area is 159 Å². The molecule has 0 fully saturated rings. The minimum atomic E-state index is -0.0275. The van der Waals surface area contributed by atoms with Crippen LogP contribution in [0.2, 0.25) is 0 Å². The number of ketones is 1. The summed E-state index contributed by atoms with van der Waals surface area (Å²) in [5.74, 6) is 3.60. The van der Waals surface area contributed by atoms with E-state index >= 15 is 0 Å². The summed E-state index contributed by atoms with van der Waals surface area (Å²) < 4.78 is 23.3. The van der Waals surface area contributed by atoms with E-state index in [9.17, 15) is 4.79 Å². The summed E-state index contributed by atoms with van der Waals surface area (Å²) in [6.07, 6.45) is 1.29. The third-order valence-corrected chi connectivity index (χ3v) is 5.80. The molecule has 0 N–H and O–H groups in total. The van der Waals surface area contributed by atoms with Gasteiger partial charge in [0.2, 0.25) is 12.5 Å². The van der Waals surface area contributed by atoms with E-state index in [-0.39, 0.29) is 18.6 Å². The first-order valence-corrected chi connectivity index (χ1v) is 9.24. The maximum Gasteiger partial charge on any atom is 0.231 e. The van der Waals surface area contributed by atoms with Crippen molar-refractivity contribution in [2.75, 3.05) is 34.5 Å². The maximum atomic E-state index is 13.1. The zero-order valence-corrected chi connectivity index (χ0v) is 16.5. The first-order valence-electron chi connectivity index (χ1n) is 9.24. The fourth-order valence-corrected chi connectivity index (χ4v) is 4.31. The summed E-state index contributed by atoms with van der Waals surface area (Å²) in [6.45, 7) is 4.85. The smallest absolute Gasteiger partial charge is 0.231 e. The van der Waals surface area contributed by atoms with Gasteiger partial charge in [0.25, 0.3) is 0 Å². The Hall–Kier alpha value is -2.47. The summed E-state index contributed by atoms with van der Waals surface area (Å²) in [7, 11) is 5.98. The van der Waals surface area contributed by atoms with Gasteiger partial charge in [-0.25, -0.2) is 0 Å². The van der Waals surface area contributed by atoms with Crippen LogP contribution in [0.1, 0.15) is 45.5 Å². The van der Waals surface area contributed by atoms with Crippen molar-refractivity contribution in [2.24, 2.45) is 0 Å². The van der Waals surface area contributed by atoms with E-state index in [1.54, 1.807) is 7.11 Å².